The maximum Gasteiger partial charge on any atom is 0.156 e. The zero-order valence-electron chi connectivity index (χ0n) is 7.90. The molecule has 0 atom stereocenters. The fourth-order valence-corrected chi connectivity index (χ4v) is 0.877. The van der Waals surface area contributed by atoms with E-state index in [1.807, 2.05) is 0 Å². The second-order valence-corrected chi connectivity index (χ2v) is 3.05. The van der Waals surface area contributed by atoms with Crippen LogP contribution in [-0.2, 0) is 0 Å². The van der Waals surface area contributed by atoms with Gasteiger partial charge in [0, 0.05) is 19.2 Å². The summed E-state index contributed by atoms with van der Waals surface area (Å²) in [5.41, 5.74) is 0. The van der Waals surface area contributed by atoms with Crippen molar-refractivity contribution in [3.8, 4) is 0 Å². The molecule has 8 heteroatoms. The Morgan fingerprint density at radius 3 is 1.80 bits per heavy atom. The quantitative estimate of drug-likeness (QED) is 0.642. The van der Waals surface area contributed by atoms with E-state index < -0.39 is 0 Å². The molecule has 0 saturated carbocycles. The van der Waals surface area contributed by atoms with Gasteiger partial charge in [-0.15, -0.1) is 10.2 Å². The zero-order chi connectivity index (χ0) is 11.5. The lowest BCUT2D eigenvalue weighted by molar-refractivity contribution is 0.267. The smallest absolute Gasteiger partial charge is 0.156 e. The Labute approximate surface area is 97.2 Å². The number of halogens is 2. The van der Waals surface area contributed by atoms with Crippen molar-refractivity contribution < 1.29 is 10.2 Å². The van der Waals surface area contributed by atoms with Gasteiger partial charge in [-0.25, -0.2) is 0 Å². The molecule has 1 heterocycles. The van der Waals surface area contributed by atoms with Crippen molar-refractivity contribution in [2.45, 2.75) is 0 Å². The summed E-state index contributed by atoms with van der Waals surface area (Å²) in [6.45, 7) is 1.42. The molecule has 1 aromatic rings. The highest BCUT2D eigenvalue weighted by molar-refractivity contribution is 6.32. The monoisotopic (exact) mass is 254 g/mol. The summed E-state index contributed by atoms with van der Waals surface area (Å²) in [4.78, 5) is 0. The third-order valence-corrected chi connectivity index (χ3v) is 1.47. The van der Waals surface area contributed by atoms with Crippen LogP contribution in [-0.4, -0.2) is 51.9 Å². The van der Waals surface area contributed by atoms with Crippen LogP contribution in [0.25, 0.3) is 0 Å². The van der Waals surface area contributed by atoms with Crippen LogP contribution in [0.15, 0.2) is 6.07 Å². The van der Waals surface area contributed by atoms with Gasteiger partial charge in [0.15, 0.2) is 10.3 Å². The van der Waals surface area contributed by atoms with E-state index in [1.54, 1.807) is 0 Å². The second-order valence-electron chi connectivity index (χ2n) is 2.28. The van der Waals surface area contributed by atoms with Crippen molar-refractivity contribution in [2.24, 2.45) is 0 Å². The Hall–Kier alpha value is -0.530. The normalized spacial score (nSPS) is 9.33. The molecule has 0 radical (unpaired) electrons. The van der Waals surface area contributed by atoms with E-state index in [2.05, 4.69) is 20.7 Å². The predicted molar refractivity (Wildman–Crippen MR) is 56.9 cm³/mol. The molecule has 1 aromatic heterocycles. The van der Waals surface area contributed by atoms with Crippen molar-refractivity contribution in [1.82, 2.24) is 20.7 Å². The molecule has 1 rings (SSSR count). The Balaban J connectivity index is 0.000000265. The van der Waals surface area contributed by atoms with E-state index in [0.29, 0.717) is 13.1 Å². The fourth-order valence-electron chi connectivity index (χ4n) is 0.547. The standard InChI is InChI=1S/C4H11NO2.C3HCl2N3/c6-3-1-5-2-4-7;4-2-1-3(5)7-8-6-2/h5-7H,1-4H2;1H. The van der Waals surface area contributed by atoms with Gasteiger partial charge < -0.3 is 15.5 Å². The van der Waals surface area contributed by atoms with Crippen molar-refractivity contribution in [1.29, 1.82) is 0 Å². The van der Waals surface area contributed by atoms with Crippen LogP contribution in [0.1, 0.15) is 0 Å². The van der Waals surface area contributed by atoms with Gasteiger partial charge in [-0.05, 0) is 5.21 Å². The van der Waals surface area contributed by atoms with Crippen LogP contribution < -0.4 is 5.32 Å². The van der Waals surface area contributed by atoms with Gasteiger partial charge in [0.05, 0.1) is 13.2 Å². The predicted octanol–water partition coefficient (Wildman–Crippen LogP) is -0.261. The summed E-state index contributed by atoms with van der Waals surface area (Å²) in [6.07, 6.45) is 0. The van der Waals surface area contributed by atoms with Crippen molar-refractivity contribution in [2.75, 3.05) is 26.3 Å². The number of aliphatic hydroxyl groups is 2. The molecule has 0 aliphatic heterocycles. The molecular formula is C7H12Cl2N4O2. The Kier molecular flexibility index (Phi) is 9.65. The van der Waals surface area contributed by atoms with Crippen molar-refractivity contribution >= 4 is 23.2 Å². The highest BCUT2D eigenvalue weighted by Crippen LogP contribution is 2.06. The minimum Gasteiger partial charge on any atom is -0.395 e. The molecular weight excluding hydrogens is 243 g/mol. The maximum atomic E-state index is 8.15. The van der Waals surface area contributed by atoms with Crippen LogP contribution in [0.3, 0.4) is 0 Å². The SMILES string of the molecule is Clc1cc(Cl)nnn1.OCCNCCO. The number of rotatable bonds is 4. The zero-order valence-corrected chi connectivity index (χ0v) is 9.41. The van der Waals surface area contributed by atoms with E-state index in [9.17, 15) is 0 Å². The van der Waals surface area contributed by atoms with E-state index in [0.717, 1.165) is 0 Å². The van der Waals surface area contributed by atoms with Crippen LogP contribution in [0.2, 0.25) is 10.3 Å². The summed E-state index contributed by atoms with van der Waals surface area (Å²) in [6, 6.07) is 1.41. The van der Waals surface area contributed by atoms with Crippen molar-refractivity contribution in [3.05, 3.63) is 16.4 Å². The average molecular weight is 255 g/mol. The third kappa shape index (κ3) is 9.77. The number of hydrogen-bond donors (Lipinski definition) is 3. The van der Waals surface area contributed by atoms with Gasteiger partial charge in [0.1, 0.15) is 0 Å². The molecule has 6 nitrogen and oxygen atoms in total. The molecule has 0 aliphatic rings. The van der Waals surface area contributed by atoms with Gasteiger partial charge in [-0.2, -0.15) is 0 Å². The molecule has 0 amide bonds. The molecule has 0 aromatic carbocycles. The molecule has 0 aliphatic carbocycles. The molecule has 0 bridgehead atoms. The summed E-state index contributed by atoms with van der Waals surface area (Å²) in [5.74, 6) is 0. The average Bonchev–Trinajstić information content (AvgIpc) is 2.19. The van der Waals surface area contributed by atoms with Gasteiger partial charge in [-0.1, -0.05) is 23.2 Å². The number of nitrogens with one attached hydrogen (secondary N) is 1. The van der Waals surface area contributed by atoms with Crippen LogP contribution in [0, 0.1) is 0 Å². The van der Waals surface area contributed by atoms with E-state index in [-0.39, 0.29) is 23.5 Å². The van der Waals surface area contributed by atoms with Gasteiger partial charge in [-0.3, -0.25) is 0 Å². The largest absolute Gasteiger partial charge is 0.395 e. The summed E-state index contributed by atoms with van der Waals surface area (Å²) in [5, 5.41) is 29.5. The number of nitrogens with zero attached hydrogens (tertiary/aromatic N) is 3. The molecule has 0 spiro atoms. The molecule has 0 saturated heterocycles. The lowest BCUT2D eigenvalue weighted by Crippen LogP contribution is -2.21. The van der Waals surface area contributed by atoms with E-state index >= 15 is 0 Å². The Bertz CT molecular complexity index is 243. The first-order chi connectivity index (χ1) is 7.20. The first kappa shape index (κ1) is 14.5. The molecule has 0 unspecified atom stereocenters. The Morgan fingerprint density at radius 1 is 1.07 bits per heavy atom. The molecule has 15 heavy (non-hydrogen) atoms. The second kappa shape index (κ2) is 10.0. The molecule has 86 valence electrons. The van der Waals surface area contributed by atoms with E-state index in [1.165, 1.54) is 6.07 Å². The van der Waals surface area contributed by atoms with Crippen LogP contribution in [0.5, 0.6) is 0 Å². The first-order valence-electron chi connectivity index (χ1n) is 4.14. The minimum atomic E-state index is 0.139. The number of hydrogen-bond acceptors (Lipinski definition) is 6. The van der Waals surface area contributed by atoms with Gasteiger partial charge in [0.25, 0.3) is 0 Å². The van der Waals surface area contributed by atoms with Crippen LogP contribution in [0.4, 0.5) is 0 Å². The molecule has 3 N–H and O–H groups in total. The highest BCUT2D eigenvalue weighted by atomic mass is 35.5. The third-order valence-electron chi connectivity index (χ3n) is 1.10. The van der Waals surface area contributed by atoms with Crippen molar-refractivity contribution in [3.63, 3.8) is 0 Å². The summed E-state index contributed by atoms with van der Waals surface area (Å²) < 4.78 is 0. The Morgan fingerprint density at radius 2 is 1.53 bits per heavy atom. The van der Waals surface area contributed by atoms with Crippen LogP contribution >= 0.6 is 23.2 Å². The van der Waals surface area contributed by atoms with Gasteiger partial charge in [0.2, 0.25) is 0 Å². The van der Waals surface area contributed by atoms with Gasteiger partial charge >= 0.3 is 0 Å². The minimum absolute atomic E-state index is 0.139. The topological polar surface area (TPSA) is 91.2 Å². The lowest BCUT2D eigenvalue weighted by atomic mass is 10.6. The summed E-state index contributed by atoms with van der Waals surface area (Å²) >= 11 is 10.7. The summed E-state index contributed by atoms with van der Waals surface area (Å²) in [7, 11) is 0. The molecule has 0 fully saturated rings. The first-order valence-corrected chi connectivity index (χ1v) is 4.90. The number of aromatic nitrogens is 3. The fraction of sp³-hybridized carbons (Fsp3) is 0.571. The maximum absolute atomic E-state index is 8.15. The van der Waals surface area contributed by atoms with E-state index in [4.69, 9.17) is 33.4 Å². The number of aliphatic hydroxyl groups excluding tert-OH is 2. The lowest BCUT2D eigenvalue weighted by Gasteiger charge is -1.94. The highest BCUT2D eigenvalue weighted by Gasteiger charge is 1.89.